The number of benzene rings is 2. The molecule has 3 heterocycles. The molecule has 2 aromatic carbocycles. The zero-order valence-electron chi connectivity index (χ0n) is 21.0. The highest BCUT2D eigenvalue weighted by molar-refractivity contribution is 7.98. The lowest BCUT2D eigenvalue weighted by atomic mass is 10.0. The van der Waals surface area contributed by atoms with E-state index in [1.54, 1.807) is 23.1 Å². The van der Waals surface area contributed by atoms with Crippen molar-refractivity contribution in [3.8, 4) is 0 Å². The number of allylic oxidation sites excluding steroid dienone is 1. The zero-order valence-corrected chi connectivity index (χ0v) is 22.7. The largest absolute Gasteiger partial charge is 0.328 e. The minimum Gasteiger partial charge on any atom is -0.328 e. The fourth-order valence-electron chi connectivity index (χ4n) is 4.49. The van der Waals surface area contributed by atoms with Crippen molar-refractivity contribution in [2.45, 2.75) is 51.6 Å². The number of thioether (sulfide) groups is 1. The third kappa shape index (κ3) is 4.83. The lowest BCUT2D eigenvalue weighted by Crippen LogP contribution is -2.31. The molecule has 0 radical (unpaired) electrons. The summed E-state index contributed by atoms with van der Waals surface area (Å²) in [5, 5.41) is 14.0. The molecule has 2 N–H and O–H groups in total. The Hall–Kier alpha value is -3.36. The quantitative estimate of drug-likeness (QED) is 0.277. The second-order valence-corrected chi connectivity index (χ2v) is 11.2. The molecule has 0 aliphatic carbocycles. The maximum atomic E-state index is 13.6. The van der Waals surface area contributed by atoms with Crippen LogP contribution in [0, 0.1) is 27.7 Å². The highest BCUT2D eigenvalue weighted by Gasteiger charge is 2.35. The zero-order chi connectivity index (χ0) is 25.4. The second-order valence-electron chi connectivity index (χ2n) is 9.24. The monoisotopic (exact) mass is 515 g/mol. The minimum atomic E-state index is -0.352. The summed E-state index contributed by atoms with van der Waals surface area (Å²) in [5.74, 6) is 1.29. The van der Waals surface area contributed by atoms with E-state index in [9.17, 15) is 4.79 Å². The number of amides is 1. The van der Waals surface area contributed by atoms with Gasteiger partial charge in [-0.25, -0.2) is 4.68 Å². The molecule has 0 bridgehead atoms. The Bertz CT molecular complexity index is 1470. The molecule has 1 aliphatic rings. The van der Waals surface area contributed by atoms with Crippen LogP contribution in [0.25, 0.3) is 0 Å². The number of aromatic nitrogens is 3. The van der Waals surface area contributed by atoms with Crippen LogP contribution in [0.2, 0.25) is 0 Å². The number of rotatable bonds is 6. The number of anilines is 2. The Balaban J connectivity index is 1.45. The summed E-state index contributed by atoms with van der Waals surface area (Å²) in [5.41, 5.74) is 8.22. The summed E-state index contributed by atoms with van der Waals surface area (Å²) >= 11 is 3.22. The van der Waals surface area contributed by atoms with E-state index in [0.29, 0.717) is 16.7 Å². The molecule has 184 valence electrons. The number of thiophene rings is 1. The van der Waals surface area contributed by atoms with Crippen LogP contribution in [0.5, 0.6) is 0 Å². The number of nitrogens with one attached hydrogen (secondary N) is 2. The maximum Gasteiger partial charge on any atom is 0.255 e. The normalized spacial score (nSPS) is 15.0. The van der Waals surface area contributed by atoms with Gasteiger partial charge in [-0.3, -0.25) is 4.79 Å². The van der Waals surface area contributed by atoms with Crippen LogP contribution in [0.4, 0.5) is 11.6 Å². The lowest BCUT2D eigenvalue weighted by Gasteiger charge is -2.27. The Morgan fingerprint density at radius 1 is 1.06 bits per heavy atom. The second kappa shape index (κ2) is 9.95. The van der Waals surface area contributed by atoms with Crippen molar-refractivity contribution in [1.82, 2.24) is 14.8 Å². The maximum absolute atomic E-state index is 13.6. The van der Waals surface area contributed by atoms with Crippen molar-refractivity contribution < 1.29 is 4.79 Å². The predicted octanol–water partition coefficient (Wildman–Crippen LogP) is 6.79. The Morgan fingerprint density at radius 2 is 1.81 bits per heavy atom. The van der Waals surface area contributed by atoms with Crippen LogP contribution in [-0.2, 0) is 10.5 Å². The number of carbonyl (C=O) groups is 1. The molecule has 0 spiro atoms. The molecule has 1 atom stereocenters. The molecule has 1 amide bonds. The molecule has 0 fully saturated rings. The first kappa shape index (κ1) is 24.3. The number of hydrogen-bond donors (Lipinski definition) is 2. The molecule has 4 aromatic rings. The van der Waals surface area contributed by atoms with Gasteiger partial charge in [0.25, 0.3) is 5.91 Å². The van der Waals surface area contributed by atoms with Gasteiger partial charge in [0.05, 0.1) is 5.57 Å². The van der Waals surface area contributed by atoms with Gasteiger partial charge in [0, 0.05) is 22.0 Å². The van der Waals surface area contributed by atoms with Crippen LogP contribution in [0.15, 0.2) is 70.3 Å². The van der Waals surface area contributed by atoms with Gasteiger partial charge in [-0.1, -0.05) is 59.3 Å². The van der Waals surface area contributed by atoms with Crippen LogP contribution in [0.1, 0.15) is 45.7 Å². The van der Waals surface area contributed by atoms with Gasteiger partial charge in [-0.2, -0.15) is 4.98 Å². The number of aryl methyl sites for hydroxylation is 4. The van der Waals surface area contributed by atoms with Crippen molar-refractivity contribution in [2.24, 2.45) is 0 Å². The molecule has 6 nitrogen and oxygen atoms in total. The van der Waals surface area contributed by atoms with Crippen LogP contribution in [0.3, 0.4) is 0 Å². The van der Waals surface area contributed by atoms with Gasteiger partial charge in [-0.05, 0) is 68.8 Å². The summed E-state index contributed by atoms with van der Waals surface area (Å²) < 4.78 is 1.85. The number of hydrogen-bond acceptors (Lipinski definition) is 6. The Labute approximate surface area is 219 Å². The summed E-state index contributed by atoms with van der Waals surface area (Å²) in [6.45, 7) is 10.2. The molecule has 0 saturated carbocycles. The number of carbonyl (C=O) groups excluding carboxylic acids is 1. The van der Waals surface area contributed by atoms with Crippen LogP contribution < -0.4 is 10.6 Å². The van der Waals surface area contributed by atoms with E-state index in [4.69, 9.17) is 10.1 Å². The molecule has 36 heavy (non-hydrogen) atoms. The van der Waals surface area contributed by atoms with Gasteiger partial charge in [0.2, 0.25) is 11.1 Å². The minimum absolute atomic E-state index is 0.143. The smallest absolute Gasteiger partial charge is 0.255 e. The lowest BCUT2D eigenvalue weighted by molar-refractivity contribution is -0.113. The SMILES string of the molecule is CC1=C(C(=O)Nc2ccc(C)cc2C)[C@H](c2cccs2)n2nc(SCc3ccc(C)cc3C)nc2N1. The van der Waals surface area contributed by atoms with Gasteiger partial charge < -0.3 is 10.6 Å². The van der Waals surface area contributed by atoms with Crippen molar-refractivity contribution in [1.29, 1.82) is 0 Å². The van der Waals surface area contributed by atoms with Crippen molar-refractivity contribution in [2.75, 3.05) is 10.6 Å². The standard InChI is InChI=1S/C28H29N5OS2/c1-16-8-10-21(18(3)13-16)15-36-28-31-27-29-20(5)24(25(33(27)32-28)23-7-6-12-35-23)26(34)30-22-11-9-17(2)14-19(22)4/h6-14,25H,15H2,1-5H3,(H,30,34)(H,29,31,32)/t25-/m0/s1. The van der Waals surface area contributed by atoms with Crippen molar-refractivity contribution in [3.63, 3.8) is 0 Å². The predicted molar refractivity (Wildman–Crippen MR) is 149 cm³/mol. The number of fused-ring (bicyclic) bond motifs is 1. The van der Waals surface area contributed by atoms with Crippen LogP contribution in [-0.4, -0.2) is 20.7 Å². The Morgan fingerprint density at radius 3 is 2.50 bits per heavy atom. The van der Waals surface area contributed by atoms with Crippen LogP contribution >= 0.6 is 23.1 Å². The van der Waals surface area contributed by atoms with Crippen molar-refractivity contribution in [3.05, 3.63) is 97.9 Å². The molecular formula is C28H29N5OS2. The van der Waals surface area contributed by atoms with E-state index in [-0.39, 0.29) is 11.9 Å². The highest BCUT2D eigenvalue weighted by Crippen LogP contribution is 2.39. The van der Waals surface area contributed by atoms with E-state index < -0.39 is 0 Å². The van der Waals surface area contributed by atoms with Gasteiger partial charge >= 0.3 is 0 Å². The molecule has 2 aromatic heterocycles. The summed E-state index contributed by atoms with van der Waals surface area (Å²) in [6, 6.07) is 16.2. The van der Waals surface area contributed by atoms with E-state index in [1.165, 1.54) is 16.7 Å². The van der Waals surface area contributed by atoms with Gasteiger partial charge in [-0.15, -0.1) is 16.4 Å². The van der Waals surface area contributed by atoms with E-state index in [2.05, 4.69) is 48.7 Å². The first-order valence-corrected chi connectivity index (χ1v) is 13.7. The topological polar surface area (TPSA) is 71.8 Å². The summed E-state index contributed by atoms with van der Waals surface area (Å²) in [4.78, 5) is 19.4. The Kier molecular flexibility index (Phi) is 6.73. The third-order valence-corrected chi connectivity index (χ3v) is 8.19. The van der Waals surface area contributed by atoms with E-state index >= 15 is 0 Å². The average molecular weight is 516 g/mol. The average Bonchev–Trinajstić information content (AvgIpc) is 3.49. The summed E-state index contributed by atoms with van der Waals surface area (Å²) in [6.07, 6.45) is 0. The van der Waals surface area contributed by atoms with E-state index in [0.717, 1.165) is 33.1 Å². The fourth-order valence-corrected chi connectivity index (χ4v) is 6.21. The summed E-state index contributed by atoms with van der Waals surface area (Å²) in [7, 11) is 0. The number of nitrogens with zero attached hydrogens (tertiary/aromatic N) is 3. The van der Waals surface area contributed by atoms with Crippen molar-refractivity contribution >= 4 is 40.6 Å². The molecule has 5 rings (SSSR count). The molecule has 8 heteroatoms. The molecule has 1 aliphatic heterocycles. The van der Waals surface area contributed by atoms with Gasteiger partial charge in [0.15, 0.2) is 0 Å². The molecular weight excluding hydrogens is 486 g/mol. The highest BCUT2D eigenvalue weighted by atomic mass is 32.2. The third-order valence-electron chi connectivity index (χ3n) is 6.38. The van der Waals surface area contributed by atoms with Gasteiger partial charge in [0.1, 0.15) is 6.04 Å². The first-order valence-electron chi connectivity index (χ1n) is 11.9. The first-order chi connectivity index (χ1) is 17.3. The molecule has 0 saturated heterocycles. The van der Waals surface area contributed by atoms with E-state index in [1.807, 2.05) is 55.1 Å². The fraction of sp³-hybridized carbons (Fsp3) is 0.250. The molecule has 0 unspecified atom stereocenters.